The average Bonchev–Trinajstić information content (AvgIpc) is 2.99. The fourth-order valence-corrected chi connectivity index (χ4v) is 3.75. The third kappa shape index (κ3) is 3.67. The van der Waals surface area contributed by atoms with Crippen LogP contribution in [0.2, 0.25) is 0 Å². The van der Waals surface area contributed by atoms with Crippen molar-refractivity contribution in [2.45, 2.75) is 39.7 Å². The van der Waals surface area contributed by atoms with E-state index in [0.717, 1.165) is 23.5 Å². The summed E-state index contributed by atoms with van der Waals surface area (Å²) in [5.74, 6) is 1.53. The number of furan rings is 1. The number of amides is 1. The van der Waals surface area contributed by atoms with Crippen LogP contribution in [0, 0.1) is 22.5 Å². The molecule has 0 spiro atoms. The van der Waals surface area contributed by atoms with E-state index in [1.807, 2.05) is 13.0 Å². The maximum Gasteiger partial charge on any atom is 0.286 e. The molecule has 8 nitrogen and oxygen atoms in total. The van der Waals surface area contributed by atoms with Crippen LogP contribution in [0.4, 0.5) is 5.69 Å². The number of fused-ring (bicyclic) bond motifs is 1. The molecule has 1 heterocycles. The number of nitro groups is 1. The van der Waals surface area contributed by atoms with Gasteiger partial charge in [0.15, 0.2) is 11.5 Å². The minimum atomic E-state index is -0.602. The maximum atomic E-state index is 13.0. The van der Waals surface area contributed by atoms with Crippen molar-refractivity contribution in [3.63, 3.8) is 0 Å². The van der Waals surface area contributed by atoms with Crippen molar-refractivity contribution in [3.05, 3.63) is 51.0 Å². The van der Waals surface area contributed by atoms with E-state index in [2.05, 4.69) is 19.2 Å². The van der Waals surface area contributed by atoms with Gasteiger partial charge in [-0.2, -0.15) is 0 Å². The Balaban J connectivity index is 1.98. The Bertz CT molecular complexity index is 931. The van der Waals surface area contributed by atoms with E-state index in [4.69, 9.17) is 13.9 Å². The summed E-state index contributed by atoms with van der Waals surface area (Å²) in [6.07, 6.45) is 1.48. The molecule has 1 atom stereocenters. The van der Waals surface area contributed by atoms with Gasteiger partial charge >= 0.3 is 0 Å². The summed E-state index contributed by atoms with van der Waals surface area (Å²) in [4.78, 5) is 23.9. The van der Waals surface area contributed by atoms with Gasteiger partial charge in [-0.25, -0.2) is 0 Å². The van der Waals surface area contributed by atoms with Gasteiger partial charge in [-0.1, -0.05) is 13.8 Å². The molecule has 0 unspecified atom stereocenters. The molecule has 150 valence electrons. The van der Waals surface area contributed by atoms with Crippen LogP contribution in [0.5, 0.6) is 11.5 Å². The van der Waals surface area contributed by atoms with E-state index >= 15 is 0 Å². The zero-order chi connectivity index (χ0) is 20.6. The summed E-state index contributed by atoms with van der Waals surface area (Å²) in [7, 11) is 2.80. The normalized spacial score (nSPS) is 17.5. The summed E-state index contributed by atoms with van der Waals surface area (Å²) < 4.78 is 16.1. The highest BCUT2D eigenvalue weighted by Gasteiger charge is 2.36. The smallest absolute Gasteiger partial charge is 0.286 e. The number of methoxy groups -OCH3 is 2. The third-order valence-corrected chi connectivity index (χ3v) is 4.98. The zero-order valence-electron chi connectivity index (χ0n) is 16.6. The van der Waals surface area contributed by atoms with Crippen LogP contribution in [0.1, 0.15) is 53.8 Å². The first-order chi connectivity index (χ1) is 13.1. The SMILES string of the molecule is COc1cc(C(=O)N[C@H]2CC(C)(C)Cc3oc(C)cc32)c([N+](=O)[O-])cc1OC. The highest BCUT2D eigenvalue weighted by atomic mass is 16.6. The quantitative estimate of drug-likeness (QED) is 0.614. The molecule has 1 aromatic heterocycles. The lowest BCUT2D eigenvalue weighted by atomic mass is 9.74. The molecule has 0 bridgehead atoms. The molecular formula is C20H24N2O6. The fraction of sp³-hybridized carbons (Fsp3) is 0.450. The Hall–Kier alpha value is -3.03. The summed E-state index contributed by atoms with van der Waals surface area (Å²) >= 11 is 0. The summed E-state index contributed by atoms with van der Waals surface area (Å²) in [5.41, 5.74) is 0.439. The van der Waals surface area contributed by atoms with Gasteiger partial charge in [0.1, 0.15) is 17.1 Å². The second-order valence-electron chi connectivity index (χ2n) is 7.79. The standard InChI is InChI=1S/C20H24N2O6/c1-11-6-12-14(9-20(2,3)10-18(12)28-11)21-19(23)13-7-16(26-4)17(27-5)8-15(13)22(24)25/h6-8,14H,9-10H2,1-5H3,(H,21,23)/t14-/m0/s1. The van der Waals surface area contributed by atoms with Crippen molar-refractivity contribution in [2.75, 3.05) is 14.2 Å². The molecule has 8 heteroatoms. The van der Waals surface area contributed by atoms with Crippen LogP contribution in [-0.4, -0.2) is 25.1 Å². The molecule has 1 aromatic carbocycles. The second kappa shape index (κ2) is 7.18. The molecule has 3 rings (SSSR count). The van der Waals surface area contributed by atoms with E-state index in [0.29, 0.717) is 6.42 Å². The largest absolute Gasteiger partial charge is 0.493 e. The lowest BCUT2D eigenvalue weighted by Gasteiger charge is -2.34. The summed E-state index contributed by atoms with van der Waals surface area (Å²) in [5, 5.41) is 14.4. The molecule has 2 aromatic rings. The minimum absolute atomic E-state index is 0.0707. The highest BCUT2D eigenvalue weighted by Crippen LogP contribution is 2.42. The Labute approximate surface area is 163 Å². The fourth-order valence-electron chi connectivity index (χ4n) is 3.75. The van der Waals surface area contributed by atoms with E-state index in [1.54, 1.807) is 0 Å². The van der Waals surface area contributed by atoms with Gasteiger partial charge in [-0.3, -0.25) is 14.9 Å². The Morgan fingerprint density at radius 1 is 1.25 bits per heavy atom. The van der Waals surface area contributed by atoms with Gasteiger partial charge in [0.25, 0.3) is 11.6 Å². The number of nitrogens with one attached hydrogen (secondary N) is 1. The zero-order valence-corrected chi connectivity index (χ0v) is 16.6. The number of nitrogens with zero attached hydrogens (tertiary/aromatic N) is 1. The maximum absolute atomic E-state index is 13.0. The van der Waals surface area contributed by atoms with Gasteiger partial charge in [-0.05, 0) is 24.8 Å². The minimum Gasteiger partial charge on any atom is -0.493 e. The van der Waals surface area contributed by atoms with E-state index in [9.17, 15) is 14.9 Å². The first kappa shape index (κ1) is 19.7. The molecule has 0 aliphatic heterocycles. The third-order valence-electron chi connectivity index (χ3n) is 4.98. The van der Waals surface area contributed by atoms with Crippen LogP contribution in [0.15, 0.2) is 22.6 Å². The Morgan fingerprint density at radius 2 is 1.89 bits per heavy atom. The predicted octanol–water partition coefficient (Wildman–Crippen LogP) is 3.96. The highest BCUT2D eigenvalue weighted by molar-refractivity contribution is 5.99. The molecule has 1 aliphatic carbocycles. The van der Waals surface area contributed by atoms with Crippen molar-refractivity contribution in [1.82, 2.24) is 5.32 Å². The molecular weight excluding hydrogens is 364 g/mol. The van der Waals surface area contributed by atoms with Crippen LogP contribution in [0.3, 0.4) is 0 Å². The number of carbonyl (C=O) groups excluding carboxylic acids is 1. The van der Waals surface area contributed by atoms with E-state index in [-0.39, 0.29) is 34.2 Å². The molecule has 0 fully saturated rings. The number of hydrogen-bond donors (Lipinski definition) is 1. The first-order valence-corrected chi connectivity index (χ1v) is 8.95. The van der Waals surface area contributed by atoms with E-state index < -0.39 is 10.8 Å². The molecule has 0 saturated carbocycles. The number of aryl methyl sites for hydroxylation is 1. The number of carbonyl (C=O) groups is 1. The van der Waals surface area contributed by atoms with Crippen LogP contribution in [0.25, 0.3) is 0 Å². The number of rotatable bonds is 5. The van der Waals surface area contributed by atoms with Crippen molar-refractivity contribution < 1.29 is 23.6 Å². The average molecular weight is 388 g/mol. The Kier molecular flexibility index (Phi) is 5.06. The molecule has 1 amide bonds. The van der Waals surface area contributed by atoms with Gasteiger partial charge in [0, 0.05) is 18.1 Å². The molecule has 1 N–H and O–H groups in total. The van der Waals surface area contributed by atoms with Gasteiger partial charge in [0.2, 0.25) is 0 Å². The number of ether oxygens (including phenoxy) is 2. The summed E-state index contributed by atoms with van der Waals surface area (Å²) in [6, 6.07) is 4.16. The van der Waals surface area contributed by atoms with Crippen molar-refractivity contribution in [3.8, 4) is 11.5 Å². The number of nitro benzene ring substituents is 1. The molecule has 0 saturated heterocycles. The summed E-state index contributed by atoms with van der Waals surface area (Å²) in [6.45, 7) is 6.07. The van der Waals surface area contributed by atoms with Crippen molar-refractivity contribution >= 4 is 11.6 Å². The topological polar surface area (TPSA) is 104 Å². The molecule has 1 aliphatic rings. The predicted molar refractivity (Wildman–Crippen MR) is 102 cm³/mol. The molecule has 28 heavy (non-hydrogen) atoms. The monoisotopic (exact) mass is 388 g/mol. The second-order valence-corrected chi connectivity index (χ2v) is 7.79. The van der Waals surface area contributed by atoms with Crippen LogP contribution >= 0.6 is 0 Å². The van der Waals surface area contributed by atoms with Gasteiger partial charge in [0.05, 0.1) is 31.3 Å². The van der Waals surface area contributed by atoms with Crippen molar-refractivity contribution in [2.24, 2.45) is 5.41 Å². The lowest BCUT2D eigenvalue weighted by molar-refractivity contribution is -0.385. The van der Waals surface area contributed by atoms with Gasteiger partial charge < -0.3 is 19.2 Å². The Morgan fingerprint density at radius 3 is 2.50 bits per heavy atom. The van der Waals surface area contributed by atoms with Gasteiger partial charge in [-0.15, -0.1) is 0 Å². The van der Waals surface area contributed by atoms with Crippen LogP contribution < -0.4 is 14.8 Å². The number of benzene rings is 1. The first-order valence-electron chi connectivity index (χ1n) is 8.95. The molecule has 0 radical (unpaired) electrons. The van der Waals surface area contributed by atoms with E-state index in [1.165, 1.54) is 26.4 Å². The lowest BCUT2D eigenvalue weighted by Crippen LogP contribution is -2.36. The number of hydrogen-bond acceptors (Lipinski definition) is 6. The van der Waals surface area contributed by atoms with Crippen molar-refractivity contribution in [1.29, 1.82) is 0 Å². The van der Waals surface area contributed by atoms with Crippen LogP contribution in [-0.2, 0) is 6.42 Å².